The summed E-state index contributed by atoms with van der Waals surface area (Å²) in [5.74, 6) is -0.0400. The first kappa shape index (κ1) is 22.4. The first-order valence-electron chi connectivity index (χ1n) is 9.45. The second kappa shape index (κ2) is 10.6. The number of benzene rings is 2. The van der Waals surface area contributed by atoms with E-state index in [2.05, 4.69) is 16.0 Å². The van der Waals surface area contributed by atoms with Crippen molar-refractivity contribution in [1.82, 2.24) is 5.32 Å². The molecule has 4 N–H and O–H groups in total. The Bertz CT molecular complexity index is 954. The molecule has 0 aromatic heterocycles. The van der Waals surface area contributed by atoms with Gasteiger partial charge in [-0.05, 0) is 0 Å². The van der Waals surface area contributed by atoms with Gasteiger partial charge in [0.15, 0.2) is 0 Å². The zero-order valence-corrected chi connectivity index (χ0v) is 19.1. The standard InChI is InChI=1S/C20H22BN3O5.W/c25-19-8-6-15-5-7-17(12-18(15)24-19)23-20(26)29-10-2-9-22-13-14-3-1-4-16(11-14)21(27)28;/h1,3-5,7,11-12,22,27-28H,2,6,8-9,13H2,(H2,23,24,25,26);/p-1. The third-order valence-corrected chi connectivity index (χ3v) is 5.53. The Labute approximate surface area is 185 Å². The summed E-state index contributed by atoms with van der Waals surface area (Å²) >= 11 is 1.04. The van der Waals surface area contributed by atoms with E-state index in [9.17, 15) is 19.6 Å². The van der Waals surface area contributed by atoms with Crippen molar-refractivity contribution in [2.75, 3.05) is 11.9 Å². The fourth-order valence-corrected chi connectivity index (χ4v) is 3.62. The van der Waals surface area contributed by atoms with Gasteiger partial charge in [-0.3, -0.25) is 0 Å². The Morgan fingerprint density at radius 2 is 2.07 bits per heavy atom. The van der Waals surface area contributed by atoms with Crippen molar-refractivity contribution in [1.29, 1.82) is 0 Å². The number of amides is 2. The Morgan fingerprint density at radius 3 is 2.87 bits per heavy atom. The summed E-state index contributed by atoms with van der Waals surface area (Å²) < 4.78 is 5.89. The number of hydrogen-bond acceptors (Lipinski definition) is 6. The van der Waals surface area contributed by atoms with E-state index >= 15 is 0 Å². The second-order valence-corrected chi connectivity index (χ2v) is 8.42. The number of hydrogen-bond donors (Lipinski definition) is 4. The molecule has 0 saturated heterocycles. The molecule has 2 aromatic rings. The average Bonchev–Trinajstić information content (AvgIpc) is 2.71. The summed E-state index contributed by atoms with van der Waals surface area (Å²) in [5, 5.41) is 28.4. The normalized spacial score (nSPS) is 12.5. The number of nitrogens with one attached hydrogen (secondary N) is 2. The van der Waals surface area contributed by atoms with Gasteiger partial charge in [0.05, 0.1) is 0 Å². The SMILES string of the molecule is O=C1CCc2ccc([N-]C(=O)O[C](=[W])CCNCc3cccc(B(O)O)c3)cc2N1. The van der Waals surface area contributed by atoms with Crippen LogP contribution in [0.5, 0.6) is 0 Å². The first-order chi connectivity index (χ1) is 14.4. The van der Waals surface area contributed by atoms with Gasteiger partial charge in [0.2, 0.25) is 0 Å². The molecule has 8 nitrogen and oxygen atoms in total. The van der Waals surface area contributed by atoms with Crippen molar-refractivity contribution in [3.8, 4) is 0 Å². The molecule has 1 heterocycles. The van der Waals surface area contributed by atoms with Crippen LogP contribution >= 0.6 is 0 Å². The van der Waals surface area contributed by atoms with Crippen molar-refractivity contribution >= 4 is 40.0 Å². The van der Waals surface area contributed by atoms with Gasteiger partial charge in [0, 0.05) is 0 Å². The van der Waals surface area contributed by atoms with Crippen LogP contribution in [-0.2, 0) is 41.9 Å². The summed E-state index contributed by atoms with van der Waals surface area (Å²) in [4.78, 5) is 23.6. The molecule has 156 valence electrons. The monoisotopic (exact) mass is 578 g/mol. The van der Waals surface area contributed by atoms with Crippen LogP contribution in [0, 0.1) is 0 Å². The van der Waals surface area contributed by atoms with E-state index < -0.39 is 13.2 Å². The van der Waals surface area contributed by atoms with Gasteiger partial charge in [-0.15, -0.1) is 0 Å². The third-order valence-electron chi connectivity index (χ3n) is 4.49. The number of carbonyl (C=O) groups is 2. The molecule has 3 rings (SSSR count). The molecule has 0 bridgehead atoms. The van der Waals surface area contributed by atoms with Crippen LogP contribution in [0.25, 0.3) is 5.32 Å². The molecular weight excluding hydrogens is 557 g/mol. The second-order valence-electron chi connectivity index (χ2n) is 6.79. The fourth-order valence-electron chi connectivity index (χ4n) is 2.99. The molecule has 2 amide bonds. The van der Waals surface area contributed by atoms with Crippen LogP contribution < -0.4 is 16.1 Å². The van der Waals surface area contributed by atoms with Gasteiger partial charge in [0.1, 0.15) is 0 Å². The molecule has 1 aliphatic rings. The van der Waals surface area contributed by atoms with Crippen LogP contribution in [0.1, 0.15) is 24.0 Å². The zero-order chi connectivity index (χ0) is 21.5. The van der Waals surface area contributed by atoms with Gasteiger partial charge in [-0.2, -0.15) is 0 Å². The molecule has 0 saturated carbocycles. The number of carbonyl (C=O) groups excluding carboxylic acids is 2. The fraction of sp³-hybridized carbons (Fsp3) is 0.250. The van der Waals surface area contributed by atoms with Crippen LogP contribution in [0.4, 0.5) is 16.2 Å². The van der Waals surface area contributed by atoms with E-state index in [1.807, 2.05) is 12.1 Å². The molecular formula is C20H21BN3O5W-. The van der Waals surface area contributed by atoms with E-state index in [4.69, 9.17) is 4.74 Å². The van der Waals surface area contributed by atoms with Crippen LogP contribution in [0.15, 0.2) is 42.5 Å². The van der Waals surface area contributed by atoms with Gasteiger partial charge in [-0.25, -0.2) is 0 Å². The third kappa shape index (κ3) is 6.60. The van der Waals surface area contributed by atoms with Crippen molar-refractivity contribution in [2.45, 2.75) is 25.8 Å². The number of anilines is 1. The van der Waals surface area contributed by atoms with Gasteiger partial charge < -0.3 is 0 Å². The molecule has 2 aromatic carbocycles. The first-order valence-corrected chi connectivity index (χ1v) is 10.9. The van der Waals surface area contributed by atoms with E-state index in [0.717, 1.165) is 30.5 Å². The van der Waals surface area contributed by atoms with E-state index in [1.54, 1.807) is 30.3 Å². The van der Waals surface area contributed by atoms with E-state index in [-0.39, 0.29) is 5.91 Å². The number of nitrogens with zero attached hydrogens (tertiary/aromatic N) is 1. The Morgan fingerprint density at radius 1 is 1.23 bits per heavy atom. The molecule has 0 fully saturated rings. The van der Waals surface area contributed by atoms with Gasteiger partial charge >= 0.3 is 186 Å². The molecule has 0 atom stereocenters. The number of aryl methyl sites for hydroxylation is 1. The number of ether oxygens (including phenoxy) is 1. The summed E-state index contributed by atoms with van der Waals surface area (Å²) in [6.45, 7) is 1.16. The Hall–Kier alpha value is -2.32. The average molecular weight is 578 g/mol. The van der Waals surface area contributed by atoms with Crippen molar-refractivity contribution < 1.29 is 43.7 Å². The minimum absolute atomic E-state index is 0.0400. The number of fused-ring (bicyclic) bond motifs is 1. The summed E-state index contributed by atoms with van der Waals surface area (Å²) in [5.41, 5.74) is 3.52. The maximum absolute atomic E-state index is 12.1. The molecule has 0 unspecified atom stereocenters. The van der Waals surface area contributed by atoms with Crippen LogP contribution in [-0.4, -0.2) is 39.8 Å². The zero-order valence-electron chi connectivity index (χ0n) is 16.1. The molecule has 0 spiro atoms. The maximum atomic E-state index is 12.1. The van der Waals surface area contributed by atoms with Crippen molar-refractivity contribution in [3.63, 3.8) is 0 Å². The van der Waals surface area contributed by atoms with E-state index in [0.29, 0.717) is 53.3 Å². The molecule has 1 aliphatic heterocycles. The summed E-state index contributed by atoms with van der Waals surface area (Å²) in [7, 11) is -1.49. The van der Waals surface area contributed by atoms with Crippen LogP contribution in [0.2, 0.25) is 0 Å². The predicted molar refractivity (Wildman–Crippen MR) is 110 cm³/mol. The van der Waals surface area contributed by atoms with Crippen molar-refractivity contribution in [3.05, 3.63) is 58.9 Å². The quantitative estimate of drug-likeness (QED) is 0.277. The predicted octanol–water partition coefficient (Wildman–Crippen LogP) is 1.25. The topological polar surface area (TPSA) is 122 Å². The van der Waals surface area contributed by atoms with Gasteiger partial charge in [0.25, 0.3) is 0 Å². The Kier molecular flexibility index (Phi) is 7.93. The summed E-state index contributed by atoms with van der Waals surface area (Å²) in [6, 6.07) is 12.3. The molecule has 0 aliphatic carbocycles. The number of rotatable bonds is 8. The van der Waals surface area contributed by atoms with Crippen LogP contribution in [0.3, 0.4) is 0 Å². The summed E-state index contributed by atoms with van der Waals surface area (Å²) in [6.07, 6.45) is 1.01. The molecule has 10 heteroatoms. The molecule has 30 heavy (non-hydrogen) atoms. The minimum atomic E-state index is -1.49. The van der Waals surface area contributed by atoms with Gasteiger partial charge in [-0.1, -0.05) is 0 Å². The molecule has 0 radical (unpaired) electrons. The van der Waals surface area contributed by atoms with E-state index in [1.165, 1.54) is 0 Å². The Balaban J connectivity index is 1.40. The van der Waals surface area contributed by atoms with Crippen molar-refractivity contribution in [2.24, 2.45) is 0 Å².